The van der Waals surface area contributed by atoms with Gasteiger partial charge in [0.2, 0.25) is 0 Å². The fourth-order valence-electron chi connectivity index (χ4n) is 3.61. The van der Waals surface area contributed by atoms with Crippen molar-refractivity contribution in [1.82, 2.24) is 0 Å². The highest BCUT2D eigenvalue weighted by Gasteiger charge is 2.07. The van der Waals surface area contributed by atoms with Crippen LogP contribution in [0.5, 0.6) is 23.0 Å². The molecule has 0 unspecified atom stereocenters. The standard InChI is InChI=1S/C29H24Cl2N2O4/c1-36-28-9-5-20(12-22(28)30)16-32-24-14-18(3-7-26(24)34)11-19-4-8-27(35)25(15-19)33-17-21-6-10-29(37-2)23(31)13-21/h3-10,12-17,34-35H,11H2,1-2H3. The summed E-state index contributed by atoms with van der Waals surface area (Å²) in [6.45, 7) is 0. The summed E-state index contributed by atoms with van der Waals surface area (Å²) in [5.41, 5.74) is 4.26. The van der Waals surface area contributed by atoms with Crippen LogP contribution in [0.2, 0.25) is 10.0 Å². The Morgan fingerprint density at radius 3 is 1.46 bits per heavy atom. The Hall–Kier alpha value is -4.00. The van der Waals surface area contributed by atoms with Crippen molar-refractivity contribution in [3.8, 4) is 23.0 Å². The number of aliphatic imine (C=N–C) groups is 2. The van der Waals surface area contributed by atoms with Crippen LogP contribution in [-0.2, 0) is 6.42 Å². The van der Waals surface area contributed by atoms with Gasteiger partial charge in [0.15, 0.2) is 0 Å². The molecule has 0 aliphatic rings. The van der Waals surface area contributed by atoms with E-state index in [9.17, 15) is 10.2 Å². The minimum atomic E-state index is 0.0637. The SMILES string of the molecule is COc1ccc(C=Nc2cc(Cc3ccc(O)c(N=Cc4ccc(OC)c(Cl)c4)c3)ccc2O)cc1Cl. The lowest BCUT2D eigenvalue weighted by molar-refractivity contribution is 0.415. The van der Waals surface area contributed by atoms with E-state index in [4.69, 9.17) is 32.7 Å². The van der Waals surface area contributed by atoms with Crippen molar-refractivity contribution in [3.63, 3.8) is 0 Å². The van der Waals surface area contributed by atoms with Gasteiger partial charge >= 0.3 is 0 Å². The summed E-state index contributed by atoms with van der Waals surface area (Å²) in [6, 6.07) is 21.1. The fourth-order valence-corrected chi connectivity index (χ4v) is 4.15. The van der Waals surface area contributed by atoms with Crippen molar-refractivity contribution in [3.05, 3.63) is 105 Å². The summed E-state index contributed by atoms with van der Waals surface area (Å²) < 4.78 is 10.3. The monoisotopic (exact) mass is 534 g/mol. The van der Waals surface area contributed by atoms with E-state index in [0.717, 1.165) is 22.3 Å². The molecule has 2 N–H and O–H groups in total. The first-order chi connectivity index (χ1) is 17.9. The number of nitrogens with zero attached hydrogens (tertiary/aromatic N) is 2. The molecule has 4 aromatic carbocycles. The van der Waals surface area contributed by atoms with E-state index in [0.29, 0.717) is 39.3 Å². The Morgan fingerprint density at radius 1 is 0.649 bits per heavy atom. The van der Waals surface area contributed by atoms with Crippen LogP contribution < -0.4 is 9.47 Å². The molecule has 0 fully saturated rings. The summed E-state index contributed by atoms with van der Waals surface area (Å²) in [5, 5.41) is 21.5. The number of aromatic hydroxyl groups is 2. The van der Waals surface area contributed by atoms with Crippen LogP contribution in [0.1, 0.15) is 22.3 Å². The third-order valence-electron chi connectivity index (χ3n) is 5.55. The van der Waals surface area contributed by atoms with Crippen molar-refractivity contribution in [2.24, 2.45) is 9.98 Å². The number of phenolic OH excluding ortho intramolecular Hbond substituents is 2. The zero-order chi connectivity index (χ0) is 26.4. The van der Waals surface area contributed by atoms with Crippen LogP contribution in [0.4, 0.5) is 11.4 Å². The molecule has 0 heterocycles. The van der Waals surface area contributed by atoms with Crippen molar-refractivity contribution < 1.29 is 19.7 Å². The lowest BCUT2D eigenvalue weighted by Crippen LogP contribution is -1.89. The minimum Gasteiger partial charge on any atom is -0.506 e. The van der Waals surface area contributed by atoms with Gasteiger partial charge < -0.3 is 19.7 Å². The Bertz CT molecular complexity index is 1370. The number of phenols is 2. The second-order valence-corrected chi connectivity index (χ2v) is 8.94. The molecule has 0 saturated heterocycles. The molecule has 6 nitrogen and oxygen atoms in total. The highest BCUT2D eigenvalue weighted by molar-refractivity contribution is 6.32. The lowest BCUT2D eigenvalue weighted by Gasteiger charge is -2.07. The Labute approximate surface area is 225 Å². The summed E-state index contributed by atoms with van der Waals surface area (Å²) in [4.78, 5) is 8.86. The first-order valence-electron chi connectivity index (χ1n) is 11.3. The van der Waals surface area contributed by atoms with E-state index >= 15 is 0 Å². The molecule has 0 aliphatic heterocycles. The van der Waals surface area contributed by atoms with E-state index in [2.05, 4.69) is 9.98 Å². The molecular weight excluding hydrogens is 511 g/mol. The summed E-state index contributed by atoms with van der Waals surface area (Å²) in [6.07, 6.45) is 3.81. The van der Waals surface area contributed by atoms with Gasteiger partial charge in [-0.2, -0.15) is 0 Å². The Morgan fingerprint density at radius 2 is 1.08 bits per heavy atom. The summed E-state index contributed by atoms with van der Waals surface area (Å²) in [7, 11) is 3.11. The average Bonchev–Trinajstić information content (AvgIpc) is 2.89. The van der Waals surface area contributed by atoms with Crippen LogP contribution in [0.15, 0.2) is 82.8 Å². The zero-order valence-corrected chi connectivity index (χ0v) is 21.7. The molecule has 8 heteroatoms. The second kappa shape index (κ2) is 11.8. The largest absolute Gasteiger partial charge is 0.506 e. The fraction of sp³-hybridized carbons (Fsp3) is 0.103. The molecule has 37 heavy (non-hydrogen) atoms. The molecule has 188 valence electrons. The van der Waals surface area contributed by atoms with Crippen molar-refractivity contribution in [2.45, 2.75) is 6.42 Å². The number of rotatable bonds is 8. The van der Waals surface area contributed by atoms with Gasteiger partial charge in [-0.1, -0.05) is 35.3 Å². The van der Waals surface area contributed by atoms with Gasteiger partial charge in [0, 0.05) is 12.4 Å². The molecule has 0 amide bonds. The topological polar surface area (TPSA) is 83.6 Å². The van der Waals surface area contributed by atoms with Gasteiger partial charge in [0.05, 0.1) is 24.3 Å². The maximum atomic E-state index is 10.3. The van der Waals surface area contributed by atoms with E-state index in [-0.39, 0.29) is 11.5 Å². The zero-order valence-electron chi connectivity index (χ0n) is 20.2. The van der Waals surface area contributed by atoms with Gasteiger partial charge in [-0.05, 0) is 89.3 Å². The molecule has 0 spiro atoms. The maximum Gasteiger partial charge on any atom is 0.141 e. The number of ether oxygens (including phenoxy) is 2. The van der Waals surface area contributed by atoms with Gasteiger partial charge in [-0.3, -0.25) is 9.98 Å². The quantitative estimate of drug-likeness (QED) is 0.229. The average molecular weight is 535 g/mol. The number of halogens is 2. The van der Waals surface area contributed by atoms with Crippen LogP contribution >= 0.6 is 23.2 Å². The van der Waals surface area contributed by atoms with Crippen LogP contribution in [0, 0.1) is 0 Å². The number of hydrogen-bond donors (Lipinski definition) is 2. The Balaban J connectivity index is 1.52. The normalized spacial score (nSPS) is 11.4. The highest BCUT2D eigenvalue weighted by atomic mass is 35.5. The van der Waals surface area contributed by atoms with Gasteiger partial charge in [0.25, 0.3) is 0 Å². The predicted octanol–water partition coefficient (Wildman–Crippen LogP) is 7.51. The molecule has 4 aromatic rings. The third kappa shape index (κ3) is 6.61. The van der Waals surface area contributed by atoms with E-state index in [1.54, 1.807) is 63.0 Å². The lowest BCUT2D eigenvalue weighted by atomic mass is 10.0. The van der Waals surface area contributed by atoms with Crippen LogP contribution in [0.3, 0.4) is 0 Å². The smallest absolute Gasteiger partial charge is 0.141 e. The first kappa shape index (κ1) is 26.1. The van der Waals surface area contributed by atoms with Gasteiger partial charge in [0.1, 0.15) is 34.4 Å². The molecule has 0 aromatic heterocycles. The Kier molecular flexibility index (Phi) is 8.33. The van der Waals surface area contributed by atoms with Crippen LogP contribution in [0.25, 0.3) is 0 Å². The maximum absolute atomic E-state index is 10.3. The van der Waals surface area contributed by atoms with Gasteiger partial charge in [-0.15, -0.1) is 0 Å². The van der Waals surface area contributed by atoms with E-state index < -0.39 is 0 Å². The molecule has 0 radical (unpaired) electrons. The minimum absolute atomic E-state index is 0.0637. The highest BCUT2D eigenvalue weighted by Crippen LogP contribution is 2.32. The van der Waals surface area contributed by atoms with E-state index in [1.807, 2.05) is 36.4 Å². The summed E-state index contributed by atoms with van der Waals surface area (Å²) in [5.74, 6) is 1.28. The predicted molar refractivity (Wildman–Crippen MR) is 150 cm³/mol. The molecule has 4 rings (SSSR count). The molecule has 0 saturated carbocycles. The second-order valence-electron chi connectivity index (χ2n) is 8.13. The number of hydrogen-bond acceptors (Lipinski definition) is 6. The third-order valence-corrected chi connectivity index (χ3v) is 6.14. The van der Waals surface area contributed by atoms with E-state index in [1.165, 1.54) is 0 Å². The molecule has 0 atom stereocenters. The first-order valence-corrected chi connectivity index (χ1v) is 12.0. The number of methoxy groups -OCH3 is 2. The molecule has 0 aliphatic carbocycles. The molecule has 0 bridgehead atoms. The van der Waals surface area contributed by atoms with Gasteiger partial charge in [-0.25, -0.2) is 0 Å². The molecular formula is C29H24Cl2N2O4. The van der Waals surface area contributed by atoms with Crippen molar-refractivity contribution in [2.75, 3.05) is 14.2 Å². The van der Waals surface area contributed by atoms with Crippen LogP contribution in [-0.4, -0.2) is 36.9 Å². The number of benzene rings is 4. The summed E-state index contributed by atoms with van der Waals surface area (Å²) >= 11 is 12.4. The van der Waals surface area contributed by atoms with Crippen molar-refractivity contribution >= 4 is 47.0 Å². The van der Waals surface area contributed by atoms with Crippen molar-refractivity contribution in [1.29, 1.82) is 0 Å².